The lowest BCUT2D eigenvalue weighted by Crippen LogP contribution is -2.32. The van der Waals surface area contributed by atoms with E-state index in [0.29, 0.717) is 18.2 Å². The molecule has 0 fully saturated rings. The van der Waals surface area contributed by atoms with Gasteiger partial charge in [0.15, 0.2) is 6.61 Å². The van der Waals surface area contributed by atoms with Crippen LogP contribution in [0.3, 0.4) is 0 Å². The molecule has 1 atom stereocenters. The van der Waals surface area contributed by atoms with Gasteiger partial charge in [0.25, 0.3) is 5.91 Å². The summed E-state index contributed by atoms with van der Waals surface area (Å²) < 4.78 is 5.58. The number of hydrogen-bond acceptors (Lipinski definition) is 3. The van der Waals surface area contributed by atoms with E-state index in [0.717, 1.165) is 11.1 Å². The van der Waals surface area contributed by atoms with Crippen LogP contribution in [0.1, 0.15) is 37.9 Å². The number of rotatable bonds is 6. The van der Waals surface area contributed by atoms with Gasteiger partial charge >= 0.3 is 0 Å². The number of carbonyl (C=O) groups is 1. The van der Waals surface area contributed by atoms with E-state index >= 15 is 0 Å². The van der Waals surface area contributed by atoms with E-state index in [1.807, 2.05) is 32.0 Å². The van der Waals surface area contributed by atoms with E-state index in [4.69, 9.17) is 10.5 Å². The lowest BCUT2D eigenvalue weighted by molar-refractivity contribution is -0.123. The van der Waals surface area contributed by atoms with Gasteiger partial charge in [-0.3, -0.25) is 4.79 Å². The summed E-state index contributed by atoms with van der Waals surface area (Å²) in [6.07, 6.45) is 0. The Balaban J connectivity index is 2.61. The Morgan fingerprint density at radius 1 is 1.37 bits per heavy atom. The quantitative estimate of drug-likeness (QED) is 0.827. The molecule has 0 aliphatic heterocycles. The minimum atomic E-state index is -0.116. The van der Waals surface area contributed by atoms with Crippen LogP contribution in [0.5, 0.6) is 5.75 Å². The Kier molecular flexibility index (Phi) is 5.83. The van der Waals surface area contributed by atoms with E-state index in [-0.39, 0.29) is 18.6 Å². The normalized spacial score (nSPS) is 12.3. The molecule has 0 bridgehead atoms. The zero-order valence-electron chi connectivity index (χ0n) is 12.2. The van der Waals surface area contributed by atoms with Crippen molar-refractivity contribution in [2.24, 2.45) is 11.7 Å². The Labute approximate surface area is 115 Å². The number of benzene rings is 1. The van der Waals surface area contributed by atoms with Crippen LogP contribution < -0.4 is 15.8 Å². The van der Waals surface area contributed by atoms with Crippen LogP contribution in [-0.4, -0.2) is 19.1 Å². The minimum absolute atomic E-state index is 0.0237. The van der Waals surface area contributed by atoms with Crippen molar-refractivity contribution in [3.63, 3.8) is 0 Å². The Morgan fingerprint density at radius 2 is 2.05 bits per heavy atom. The molecule has 0 radical (unpaired) electrons. The van der Waals surface area contributed by atoms with Crippen LogP contribution in [0.25, 0.3) is 0 Å². The van der Waals surface area contributed by atoms with E-state index < -0.39 is 0 Å². The van der Waals surface area contributed by atoms with Gasteiger partial charge in [-0.1, -0.05) is 26.0 Å². The third-order valence-electron chi connectivity index (χ3n) is 2.73. The maximum absolute atomic E-state index is 11.6. The van der Waals surface area contributed by atoms with Gasteiger partial charge in [0.05, 0.1) is 0 Å². The second-order valence-corrected chi connectivity index (χ2v) is 5.32. The minimum Gasteiger partial charge on any atom is -0.483 e. The Hall–Kier alpha value is -1.55. The van der Waals surface area contributed by atoms with Crippen molar-refractivity contribution in [2.45, 2.75) is 33.7 Å². The molecule has 0 saturated heterocycles. The number of nitrogens with one attached hydrogen (secondary N) is 1. The van der Waals surface area contributed by atoms with Crippen molar-refractivity contribution < 1.29 is 9.53 Å². The summed E-state index contributed by atoms with van der Waals surface area (Å²) in [5.74, 6) is 1.02. The topological polar surface area (TPSA) is 64.3 Å². The van der Waals surface area contributed by atoms with Gasteiger partial charge in [0, 0.05) is 18.2 Å². The van der Waals surface area contributed by atoms with E-state index in [2.05, 4.69) is 19.2 Å². The van der Waals surface area contributed by atoms with Crippen LogP contribution >= 0.6 is 0 Å². The first-order valence-corrected chi connectivity index (χ1v) is 6.65. The van der Waals surface area contributed by atoms with Crippen LogP contribution in [0.15, 0.2) is 18.2 Å². The van der Waals surface area contributed by atoms with E-state index in [1.54, 1.807) is 0 Å². The lowest BCUT2D eigenvalue weighted by atomic mass is 10.1. The highest BCUT2D eigenvalue weighted by molar-refractivity contribution is 5.77. The third kappa shape index (κ3) is 5.30. The highest BCUT2D eigenvalue weighted by Gasteiger charge is 2.10. The molecule has 1 rings (SSSR count). The average molecular weight is 264 g/mol. The smallest absolute Gasteiger partial charge is 0.257 e. The predicted octanol–water partition coefficient (Wildman–Crippen LogP) is 2.17. The number of hydrogen-bond donors (Lipinski definition) is 2. The number of carbonyl (C=O) groups excluding carboxylic acids is 1. The molecule has 1 amide bonds. The summed E-state index contributed by atoms with van der Waals surface area (Å²) in [4.78, 5) is 11.6. The standard InChI is InChI=1S/C15H24N2O2/c1-10(2)8-17-15(18)9-19-14-7-11(3)5-6-13(14)12(4)16/h5-7,10,12H,8-9,16H2,1-4H3,(H,17,18). The van der Waals surface area contributed by atoms with Gasteiger partial charge in [0.2, 0.25) is 0 Å². The molecular formula is C15H24N2O2. The molecule has 0 aliphatic carbocycles. The Bertz CT molecular complexity index is 428. The monoisotopic (exact) mass is 264 g/mol. The summed E-state index contributed by atoms with van der Waals surface area (Å²) in [6, 6.07) is 5.73. The van der Waals surface area contributed by atoms with Crippen LogP contribution in [0.4, 0.5) is 0 Å². The molecule has 4 nitrogen and oxygen atoms in total. The van der Waals surface area contributed by atoms with Crippen LogP contribution in [0, 0.1) is 12.8 Å². The van der Waals surface area contributed by atoms with Gasteiger partial charge in [-0.15, -0.1) is 0 Å². The molecule has 0 saturated carbocycles. The highest BCUT2D eigenvalue weighted by Crippen LogP contribution is 2.24. The zero-order valence-corrected chi connectivity index (χ0v) is 12.2. The molecule has 1 unspecified atom stereocenters. The first-order valence-electron chi connectivity index (χ1n) is 6.65. The molecule has 1 aromatic rings. The predicted molar refractivity (Wildman–Crippen MR) is 77.1 cm³/mol. The zero-order chi connectivity index (χ0) is 14.4. The fourth-order valence-corrected chi connectivity index (χ4v) is 1.66. The highest BCUT2D eigenvalue weighted by atomic mass is 16.5. The number of nitrogens with two attached hydrogens (primary N) is 1. The van der Waals surface area contributed by atoms with Gasteiger partial charge in [-0.2, -0.15) is 0 Å². The van der Waals surface area contributed by atoms with Crippen molar-refractivity contribution in [1.29, 1.82) is 0 Å². The lowest BCUT2D eigenvalue weighted by Gasteiger charge is -2.15. The molecular weight excluding hydrogens is 240 g/mol. The summed E-state index contributed by atoms with van der Waals surface area (Å²) in [6.45, 7) is 8.67. The van der Waals surface area contributed by atoms with Crippen molar-refractivity contribution in [3.8, 4) is 5.75 Å². The molecule has 0 spiro atoms. The molecule has 1 aromatic carbocycles. The first kappa shape index (κ1) is 15.5. The van der Waals surface area contributed by atoms with E-state index in [1.165, 1.54) is 0 Å². The maximum atomic E-state index is 11.6. The Morgan fingerprint density at radius 3 is 2.63 bits per heavy atom. The summed E-state index contributed by atoms with van der Waals surface area (Å²) >= 11 is 0. The fraction of sp³-hybridized carbons (Fsp3) is 0.533. The van der Waals surface area contributed by atoms with Crippen molar-refractivity contribution in [3.05, 3.63) is 29.3 Å². The first-order chi connectivity index (χ1) is 8.90. The van der Waals surface area contributed by atoms with Crippen LogP contribution in [-0.2, 0) is 4.79 Å². The second kappa shape index (κ2) is 7.14. The molecule has 0 aliphatic rings. The average Bonchev–Trinajstić information content (AvgIpc) is 2.33. The molecule has 0 heterocycles. The third-order valence-corrected chi connectivity index (χ3v) is 2.73. The second-order valence-electron chi connectivity index (χ2n) is 5.32. The SMILES string of the molecule is Cc1ccc(C(C)N)c(OCC(=O)NCC(C)C)c1. The number of amides is 1. The van der Waals surface area contributed by atoms with Crippen LogP contribution in [0.2, 0.25) is 0 Å². The maximum Gasteiger partial charge on any atom is 0.257 e. The van der Waals surface area contributed by atoms with Crippen molar-refractivity contribution in [2.75, 3.05) is 13.2 Å². The number of aryl methyl sites for hydroxylation is 1. The fourth-order valence-electron chi connectivity index (χ4n) is 1.66. The molecule has 19 heavy (non-hydrogen) atoms. The summed E-state index contributed by atoms with van der Waals surface area (Å²) in [5.41, 5.74) is 7.89. The summed E-state index contributed by atoms with van der Waals surface area (Å²) in [7, 11) is 0. The largest absolute Gasteiger partial charge is 0.483 e. The molecule has 4 heteroatoms. The molecule has 0 aromatic heterocycles. The van der Waals surface area contributed by atoms with Gasteiger partial charge in [-0.05, 0) is 31.4 Å². The van der Waals surface area contributed by atoms with Crippen molar-refractivity contribution >= 4 is 5.91 Å². The van der Waals surface area contributed by atoms with Gasteiger partial charge in [-0.25, -0.2) is 0 Å². The van der Waals surface area contributed by atoms with Gasteiger partial charge < -0.3 is 15.8 Å². The number of ether oxygens (including phenoxy) is 1. The van der Waals surface area contributed by atoms with Gasteiger partial charge in [0.1, 0.15) is 5.75 Å². The van der Waals surface area contributed by atoms with Crippen molar-refractivity contribution in [1.82, 2.24) is 5.32 Å². The summed E-state index contributed by atoms with van der Waals surface area (Å²) in [5, 5.41) is 2.82. The van der Waals surface area contributed by atoms with E-state index in [9.17, 15) is 4.79 Å². The molecule has 106 valence electrons. The molecule has 3 N–H and O–H groups in total.